The second kappa shape index (κ2) is 6.08. The lowest BCUT2D eigenvalue weighted by atomic mass is 10.0. The minimum absolute atomic E-state index is 0.142. The van der Waals surface area contributed by atoms with Crippen LogP contribution in [0.4, 0.5) is 5.69 Å². The quantitative estimate of drug-likeness (QED) is 0.847. The molecule has 1 aliphatic rings. The van der Waals surface area contributed by atoms with Gasteiger partial charge in [-0.05, 0) is 29.3 Å². The van der Waals surface area contributed by atoms with Gasteiger partial charge in [-0.25, -0.2) is 4.79 Å². The smallest absolute Gasteiger partial charge is 0.339 e. The largest absolute Gasteiger partial charge is 0.465 e. The van der Waals surface area contributed by atoms with Crippen LogP contribution < -0.4 is 10.6 Å². The zero-order valence-corrected chi connectivity index (χ0v) is 12.6. The van der Waals surface area contributed by atoms with Crippen LogP contribution in [0.25, 0.3) is 10.8 Å². The van der Waals surface area contributed by atoms with E-state index in [0.717, 1.165) is 10.8 Å². The van der Waals surface area contributed by atoms with Crippen LogP contribution >= 0.6 is 0 Å². The molecule has 1 atom stereocenters. The standard InChI is InChI=1S/C17H16N2O4/c1-23-17(22)12-8-10-4-2-3-5-11(10)9-14(12)19-16(21)13-6-7-15(20)18-13/h2-5,8-9,13H,6-7H2,1H3,(H,18,20)(H,19,21). The molecule has 1 fully saturated rings. The molecule has 1 aliphatic heterocycles. The van der Waals surface area contributed by atoms with Crippen molar-refractivity contribution in [2.75, 3.05) is 12.4 Å². The van der Waals surface area contributed by atoms with Crippen LogP contribution in [0.5, 0.6) is 0 Å². The highest BCUT2D eigenvalue weighted by atomic mass is 16.5. The van der Waals surface area contributed by atoms with Gasteiger partial charge in [0.25, 0.3) is 0 Å². The van der Waals surface area contributed by atoms with Crippen LogP contribution in [0.15, 0.2) is 36.4 Å². The van der Waals surface area contributed by atoms with Gasteiger partial charge in [-0.2, -0.15) is 0 Å². The first kappa shape index (κ1) is 15.0. The van der Waals surface area contributed by atoms with E-state index in [4.69, 9.17) is 4.74 Å². The van der Waals surface area contributed by atoms with E-state index in [-0.39, 0.29) is 17.4 Å². The number of rotatable bonds is 3. The van der Waals surface area contributed by atoms with Crippen LogP contribution in [-0.2, 0) is 14.3 Å². The Labute approximate surface area is 132 Å². The van der Waals surface area contributed by atoms with E-state index < -0.39 is 12.0 Å². The minimum Gasteiger partial charge on any atom is -0.465 e. The first-order valence-electron chi connectivity index (χ1n) is 7.30. The fourth-order valence-electron chi connectivity index (χ4n) is 2.65. The minimum atomic E-state index is -0.570. The van der Waals surface area contributed by atoms with Crippen molar-refractivity contribution in [3.05, 3.63) is 42.0 Å². The highest BCUT2D eigenvalue weighted by Crippen LogP contribution is 2.25. The number of methoxy groups -OCH3 is 1. The molecule has 0 bridgehead atoms. The zero-order valence-electron chi connectivity index (χ0n) is 12.6. The lowest BCUT2D eigenvalue weighted by Gasteiger charge is -2.14. The Morgan fingerprint density at radius 2 is 1.91 bits per heavy atom. The maximum Gasteiger partial charge on any atom is 0.339 e. The van der Waals surface area contributed by atoms with Crippen molar-refractivity contribution < 1.29 is 19.1 Å². The van der Waals surface area contributed by atoms with E-state index in [1.807, 2.05) is 24.3 Å². The first-order chi connectivity index (χ1) is 11.1. The van der Waals surface area contributed by atoms with Crippen molar-refractivity contribution >= 4 is 34.2 Å². The number of hydrogen-bond acceptors (Lipinski definition) is 4. The van der Waals surface area contributed by atoms with Crippen LogP contribution in [0.2, 0.25) is 0 Å². The Kier molecular flexibility index (Phi) is 3.97. The molecule has 118 valence electrons. The van der Waals surface area contributed by atoms with Crippen LogP contribution in [0.1, 0.15) is 23.2 Å². The fraction of sp³-hybridized carbons (Fsp3) is 0.235. The van der Waals surface area contributed by atoms with Gasteiger partial charge < -0.3 is 15.4 Å². The second-order valence-electron chi connectivity index (χ2n) is 5.38. The lowest BCUT2D eigenvalue weighted by molar-refractivity contribution is -0.122. The molecule has 2 aromatic carbocycles. The summed E-state index contributed by atoms with van der Waals surface area (Å²) in [5.41, 5.74) is 0.658. The normalized spacial score (nSPS) is 16.9. The summed E-state index contributed by atoms with van der Waals surface area (Å²) in [6.45, 7) is 0. The van der Waals surface area contributed by atoms with Crippen molar-refractivity contribution in [3.63, 3.8) is 0 Å². The number of amides is 2. The van der Waals surface area contributed by atoms with Gasteiger partial charge in [-0.3, -0.25) is 9.59 Å². The van der Waals surface area contributed by atoms with E-state index in [2.05, 4.69) is 10.6 Å². The fourth-order valence-corrected chi connectivity index (χ4v) is 2.65. The number of esters is 1. The Bertz CT molecular complexity index is 800. The number of carbonyl (C=O) groups excluding carboxylic acids is 3. The number of carbonyl (C=O) groups is 3. The van der Waals surface area contributed by atoms with Crippen molar-refractivity contribution in [2.45, 2.75) is 18.9 Å². The summed E-state index contributed by atoms with van der Waals surface area (Å²) in [5.74, 6) is -1.00. The van der Waals surface area contributed by atoms with Gasteiger partial charge in [0.15, 0.2) is 0 Å². The molecular weight excluding hydrogens is 296 g/mol. The molecule has 2 aromatic rings. The number of nitrogens with one attached hydrogen (secondary N) is 2. The number of anilines is 1. The van der Waals surface area contributed by atoms with E-state index in [0.29, 0.717) is 18.5 Å². The summed E-state index contributed by atoms with van der Waals surface area (Å²) in [6, 6.07) is 10.4. The molecule has 2 amide bonds. The molecule has 0 radical (unpaired) electrons. The molecule has 6 nitrogen and oxygen atoms in total. The zero-order chi connectivity index (χ0) is 16.4. The van der Waals surface area contributed by atoms with Gasteiger partial charge in [0, 0.05) is 6.42 Å². The summed E-state index contributed by atoms with van der Waals surface area (Å²) in [4.78, 5) is 35.5. The van der Waals surface area contributed by atoms with Crippen LogP contribution in [-0.4, -0.2) is 30.9 Å². The third-order valence-corrected chi connectivity index (χ3v) is 3.86. The Morgan fingerprint density at radius 3 is 2.52 bits per heavy atom. The predicted molar refractivity (Wildman–Crippen MR) is 85.1 cm³/mol. The molecule has 0 spiro atoms. The Morgan fingerprint density at radius 1 is 1.22 bits per heavy atom. The molecule has 23 heavy (non-hydrogen) atoms. The highest BCUT2D eigenvalue weighted by molar-refractivity contribution is 6.07. The number of benzene rings is 2. The highest BCUT2D eigenvalue weighted by Gasteiger charge is 2.28. The van der Waals surface area contributed by atoms with Gasteiger partial charge in [-0.1, -0.05) is 24.3 Å². The van der Waals surface area contributed by atoms with E-state index in [9.17, 15) is 14.4 Å². The van der Waals surface area contributed by atoms with Gasteiger partial charge in [0.1, 0.15) is 6.04 Å². The van der Waals surface area contributed by atoms with Gasteiger partial charge in [-0.15, -0.1) is 0 Å². The first-order valence-corrected chi connectivity index (χ1v) is 7.30. The molecular formula is C17H16N2O4. The van der Waals surface area contributed by atoms with Crippen molar-refractivity contribution in [2.24, 2.45) is 0 Å². The molecule has 1 unspecified atom stereocenters. The van der Waals surface area contributed by atoms with Crippen LogP contribution in [0.3, 0.4) is 0 Å². The maximum atomic E-state index is 12.3. The SMILES string of the molecule is COC(=O)c1cc2ccccc2cc1NC(=O)C1CCC(=O)N1. The third-order valence-electron chi connectivity index (χ3n) is 3.86. The monoisotopic (exact) mass is 312 g/mol. The van der Waals surface area contributed by atoms with E-state index in [1.54, 1.807) is 12.1 Å². The number of fused-ring (bicyclic) bond motifs is 1. The van der Waals surface area contributed by atoms with Gasteiger partial charge in [0.05, 0.1) is 18.4 Å². The lowest BCUT2D eigenvalue weighted by Crippen LogP contribution is -2.37. The molecule has 1 heterocycles. The average molecular weight is 312 g/mol. The van der Waals surface area contributed by atoms with E-state index >= 15 is 0 Å². The molecule has 6 heteroatoms. The summed E-state index contributed by atoms with van der Waals surface area (Å²) in [6.07, 6.45) is 0.783. The van der Waals surface area contributed by atoms with Crippen molar-refractivity contribution in [3.8, 4) is 0 Å². The second-order valence-corrected chi connectivity index (χ2v) is 5.38. The Balaban J connectivity index is 1.95. The summed E-state index contributed by atoms with van der Waals surface area (Å²) < 4.78 is 4.79. The summed E-state index contributed by atoms with van der Waals surface area (Å²) >= 11 is 0. The number of ether oxygens (including phenoxy) is 1. The molecule has 0 aliphatic carbocycles. The number of hydrogen-bond donors (Lipinski definition) is 2. The molecule has 1 saturated heterocycles. The molecule has 2 N–H and O–H groups in total. The topological polar surface area (TPSA) is 84.5 Å². The summed E-state index contributed by atoms with van der Waals surface area (Å²) in [7, 11) is 1.29. The van der Waals surface area contributed by atoms with Crippen molar-refractivity contribution in [1.82, 2.24) is 5.32 Å². The predicted octanol–water partition coefficient (Wildman–Crippen LogP) is 1.84. The van der Waals surface area contributed by atoms with E-state index in [1.165, 1.54) is 7.11 Å². The van der Waals surface area contributed by atoms with Gasteiger partial charge in [0.2, 0.25) is 11.8 Å². The van der Waals surface area contributed by atoms with Crippen LogP contribution in [0, 0.1) is 0 Å². The molecule has 0 aromatic heterocycles. The maximum absolute atomic E-state index is 12.3. The van der Waals surface area contributed by atoms with Crippen molar-refractivity contribution in [1.29, 1.82) is 0 Å². The third kappa shape index (κ3) is 3.01. The Hall–Kier alpha value is -2.89. The molecule has 3 rings (SSSR count). The average Bonchev–Trinajstić information content (AvgIpc) is 3.00. The molecule has 0 saturated carbocycles. The van der Waals surface area contributed by atoms with Gasteiger partial charge >= 0.3 is 5.97 Å². The summed E-state index contributed by atoms with van der Waals surface area (Å²) in [5, 5.41) is 7.10.